The molecular weight excluding hydrogens is 223 g/mol. The summed E-state index contributed by atoms with van der Waals surface area (Å²) in [6, 6.07) is 4.21. The monoisotopic (exact) mass is 246 g/mol. The summed E-state index contributed by atoms with van der Waals surface area (Å²) >= 11 is 0. The molecule has 98 valence electrons. The molecule has 0 radical (unpaired) electrons. The summed E-state index contributed by atoms with van der Waals surface area (Å²) < 4.78 is 16.1. The van der Waals surface area contributed by atoms with E-state index in [1.54, 1.807) is 0 Å². The van der Waals surface area contributed by atoms with Crippen LogP contribution in [0.25, 0.3) is 0 Å². The maximum absolute atomic E-state index is 10.8. The Morgan fingerprint density at radius 1 is 0.944 bits per heavy atom. The van der Waals surface area contributed by atoms with Gasteiger partial charge in [-0.05, 0) is 0 Å². The van der Waals surface area contributed by atoms with Crippen molar-refractivity contribution in [2.24, 2.45) is 0 Å². The second kappa shape index (κ2) is 4.87. The number of aryl methyl sites for hydroxylation is 1. The van der Waals surface area contributed by atoms with E-state index in [9.17, 15) is 4.70 Å². The van der Waals surface area contributed by atoms with Gasteiger partial charge in [0.15, 0.2) is 0 Å². The molecule has 0 aliphatic carbocycles. The Balaban J connectivity index is 3.61. The average molecular weight is 246 g/mol. The first-order chi connectivity index (χ1) is 8.07. The molecule has 1 aromatic rings. The van der Waals surface area contributed by atoms with E-state index in [0.29, 0.717) is 7.35 Å². The third-order valence-corrected chi connectivity index (χ3v) is 3.02. The van der Waals surface area contributed by atoms with Gasteiger partial charge in [0.1, 0.15) is 0 Å². The van der Waals surface area contributed by atoms with Gasteiger partial charge in [0.05, 0.1) is 0 Å². The molecule has 3 heteroatoms. The Morgan fingerprint density at radius 3 is 1.61 bits per heavy atom. The van der Waals surface area contributed by atoms with Crippen LogP contribution in [0.5, 0.6) is 5.75 Å². The van der Waals surface area contributed by atoms with E-state index in [2.05, 4.69) is 60.6 Å². The topological polar surface area (TPSA) is 26.3 Å². The van der Waals surface area contributed by atoms with Crippen LogP contribution in [0, 0.1) is 6.92 Å². The van der Waals surface area contributed by atoms with E-state index >= 15 is 0 Å². The standard InChI is InChI=1S/C15H23BO2/c1-10-8-11(14(2,3)4)13(18-16-17)12(9-10)15(5,6)7/h8-9H,1-7H3. The third-order valence-electron chi connectivity index (χ3n) is 3.02. The van der Waals surface area contributed by atoms with Gasteiger partial charge in [0.2, 0.25) is 0 Å². The van der Waals surface area contributed by atoms with E-state index < -0.39 is 0 Å². The van der Waals surface area contributed by atoms with Crippen LogP contribution in [0.2, 0.25) is 0 Å². The molecule has 0 saturated heterocycles. The second-order valence-corrected chi connectivity index (χ2v) is 6.90. The van der Waals surface area contributed by atoms with Crippen LogP contribution in [0.3, 0.4) is 0 Å². The van der Waals surface area contributed by atoms with Crippen molar-refractivity contribution >= 4 is 7.35 Å². The van der Waals surface area contributed by atoms with Gasteiger partial charge in [-0.3, -0.25) is 0 Å². The zero-order chi connectivity index (χ0) is 14.1. The first-order valence-corrected chi connectivity index (χ1v) is 6.33. The van der Waals surface area contributed by atoms with Gasteiger partial charge < -0.3 is 0 Å². The molecule has 18 heavy (non-hydrogen) atoms. The Hall–Kier alpha value is -1.12. The summed E-state index contributed by atoms with van der Waals surface area (Å²) in [6.45, 7) is 14.9. The number of hydrogen-bond donors (Lipinski definition) is 0. The molecule has 0 saturated carbocycles. The molecule has 1 aromatic carbocycles. The van der Waals surface area contributed by atoms with E-state index in [0.717, 1.165) is 16.9 Å². The van der Waals surface area contributed by atoms with Crippen LogP contribution < -0.4 is 4.65 Å². The van der Waals surface area contributed by atoms with Gasteiger partial charge in [-0.25, -0.2) is 0 Å². The molecule has 1 rings (SSSR count). The molecular formula is C15H23BO2. The van der Waals surface area contributed by atoms with Crippen LogP contribution in [0.4, 0.5) is 0 Å². The Morgan fingerprint density at radius 2 is 1.33 bits per heavy atom. The van der Waals surface area contributed by atoms with Crippen molar-refractivity contribution in [1.29, 1.82) is 0 Å². The minimum atomic E-state index is -0.0512. The molecule has 0 fully saturated rings. The van der Waals surface area contributed by atoms with Crippen LogP contribution >= 0.6 is 0 Å². The molecule has 0 bridgehead atoms. The van der Waals surface area contributed by atoms with Gasteiger partial charge >= 0.3 is 111 Å². The van der Waals surface area contributed by atoms with Gasteiger partial charge in [-0.1, -0.05) is 0 Å². The summed E-state index contributed by atoms with van der Waals surface area (Å²) in [6.07, 6.45) is 0. The quantitative estimate of drug-likeness (QED) is 0.739. The number of benzene rings is 1. The van der Waals surface area contributed by atoms with Crippen molar-refractivity contribution in [3.8, 4) is 5.75 Å². The van der Waals surface area contributed by atoms with Crippen LogP contribution in [0.1, 0.15) is 58.2 Å². The first-order valence-electron chi connectivity index (χ1n) is 6.33. The molecule has 0 heterocycles. The van der Waals surface area contributed by atoms with Crippen molar-refractivity contribution in [3.63, 3.8) is 0 Å². The first kappa shape index (κ1) is 14.9. The van der Waals surface area contributed by atoms with Crippen molar-refractivity contribution in [2.45, 2.75) is 59.3 Å². The van der Waals surface area contributed by atoms with E-state index in [1.807, 2.05) is 0 Å². The van der Waals surface area contributed by atoms with E-state index in [1.165, 1.54) is 5.56 Å². The van der Waals surface area contributed by atoms with Gasteiger partial charge in [-0.2, -0.15) is 0 Å². The molecule has 0 atom stereocenters. The molecule has 0 spiro atoms. The Labute approximate surface area is 111 Å². The van der Waals surface area contributed by atoms with Crippen molar-refractivity contribution in [2.75, 3.05) is 0 Å². The molecule has 2 nitrogen and oxygen atoms in total. The van der Waals surface area contributed by atoms with Gasteiger partial charge in [0.25, 0.3) is 0 Å². The van der Waals surface area contributed by atoms with Crippen LogP contribution in [-0.2, 0) is 15.5 Å². The third kappa shape index (κ3) is 3.21. The van der Waals surface area contributed by atoms with Gasteiger partial charge in [-0.15, -0.1) is 0 Å². The van der Waals surface area contributed by atoms with Crippen molar-refractivity contribution < 1.29 is 9.36 Å². The minimum absolute atomic E-state index is 0.0512. The summed E-state index contributed by atoms with van der Waals surface area (Å²) in [4.78, 5) is 0. The SMILES string of the molecule is Cc1cc(C(C)(C)C)c(OB=O)c(C(C)(C)C)c1. The Kier molecular flexibility index (Phi) is 4.04. The predicted octanol–water partition coefficient (Wildman–Crippen LogP) is 3.93. The van der Waals surface area contributed by atoms with Crippen molar-refractivity contribution in [1.82, 2.24) is 0 Å². The van der Waals surface area contributed by atoms with E-state index in [-0.39, 0.29) is 10.8 Å². The average Bonchev–Trinajstić information content (AvgIpc) is 2.17. The fraction of sp³-hybridized carbons (Fsp3) is 0.600. The Bertz CT molecular complexity index is 416. The molecule has 0 aliphatic rings. The normalized spacial score (nSPS) is 12.2. The fourth-order valence-corrected chi connectivity index (χ4v) is 2.06. The predicted molar refractivity (Wildman–Crippen MR) is 75.6 cm³/mol. The zero-order valence-electron chi connectivity index (χ0n) is 12.5. The molecule has 0 aromatic heterocycles. The molecule has 0 amide bonds. The van der Waals surface area contributed by atoms with Crippen LogP contribution in [0.15, 0.2) is 12.1 Å². The number of hydrogen-bond acceptors (Lipinski definition) is 2. The zero-order valence-corrected chi connectivity index (χ0v) is 12.5. The molecule has 0 N–H and O–H groups in total. The van der Waals surface area contributed by atoms with Crippen LogP contribution in [-0.4, -0.2) is 7.35 Å². The fourth-order valence-electron chi connectivity index (χ4n) is 2.06. The van der Waals surface area contributed by atoms with E-state index in [4.69, 9.17) is 4.65 Å². The summed E-state index contributed by atoms with van der Waals surface area (Å²) in [7, 11) is 0.523. The molecule has 0 aliphatic heterocycles. The van der Waals surface area contributed by atoms with Crippen molar-refractivity contribution in [3.05, 3.63) is 28.8 Å². The van der Waals surface area contributed by atoms with Gasteiger partial charge in [0, 0.05) is 0 Å². The maximum atomic E-state index is 10.8. The summed E-state index contributed by atoms with van der Waals surface area (Å²) in [5, 5.41) is 0. The summed E-state index contributed by atoms with van der Waals surface area (Å²) in [5.74, 6) is 0.718. The molecule has 0 unspecified atom stereocenters. The second-order valence-electron chi connectivity index (χ2n) is 6.90. The number of rotatable bonds is 2. The summed E-state index contributed by atoms with van der Waals surface area (Å²) in [5.41, 5.74) is 3.26.